The fourth-order valence-corrected chi connectivity index (χ4v) is 3.74. The molecule has 0 aromatic rings. The molecule has 0 aliphatic carbocycles. The summed E-state index contributed by atoms with van der Waals surface area (Å²) in [5.41, 5.74) is 0. The van der Waals surface area contributed by atoms with Crippen molar-refractivity contribution < 1.29 is 76.3 Å². The molecule has 0 atom stereocenters. The number of hydrogen-bond donors (Lipinski definition) is 0. The van der Waals surface area contributed by atoms with Gasteiger partial charge in [-0.15, -0.1) is 0 Å². The van der Waals surface area contributed by atoms with Crippen LogP contribution in [0.4, 0.5) is 0 Å². The maximum Gasteiger partial charge on any atom is 1.00 e. The molecular formula is C26H52Na2O3. The molecule has 0 spiro atoms. The first kappa shape index (κ1) is 36.7. The molecular weight excluding hydrogens is 406 g/mol. The second-order valence-corrected chi connectivity index (χ2v) is 8.71. The topological polar surface area (TPSA) is 43.4 Å². The normalized spacial score (nSPS) is 10.3. The van der Waals surface area contributed by atoms with Gasteiger partial charge in [-0.3, -0.25) is 9.59 Å². The largest absolute Gasteiger partial charge is 1.00 e. The summed E-state index contributed by atoms with van der Waals surface area (Å²) in [6.45, 7) is 4.44. The number of hydrogen-bond acceptors (Lipinski definition) is 3. The van der Waals surface area contributed by atoms with Gasteiger partial charge >= 0.3 is 71.1 Å². The van der Waals surface area contributed by atoms with Crippen LogP contribution in [0.1, 0.15) is 158 Å². The molecule has 0 radical (unpaired) electrons. The van der Waals surface area contributed by atoms with Gasteiger partial charge in [-0.05, 0) is 12.8 Å². The molecule has 176 valence electrons. The van der Waals surface area contributed by atoms with Crippen LogP contribution in [-0.2, 0) is 14.3 Å². The Labute approximate surface area is 241 Å². The molecule has 0 unspecified atom stereocenters. The molecule has 0 aliphatic rings. The van der Waals surface area contributed by atoms with E-state index in [9.17, 15) is 9.59 Å². The van der Waals surface area contributed by atoms with Crippen molar-refractivity contribution in [1.82, 2.24) is 0 Å². The first-order valence-corrected chi connectivity index (χ1v) is 12.9. The monoisotopic (exact) mass is 458 g/mol. The van der Waals surface area contributed by atoms with Gasteiger partial charge in [0.25, 0.3) is 0 Å². The standard InChI is InChI=1S/C26H50O3.2Na.2H/c1-3-5-7-9-10-11-12-13-14-15-16-17-18-20-22-24-26(28)29-25(27)23-21-19-8-6-4-2;;;;/h3-24H2,1-2H3;;;;/q;2*+1;2*-1. The summed E-state index contributed by atoms with van der Waals surface area (Å²) in [6, 6.07) is 0. The van der Waals surface area contributed by atoms with Crippen LogP contribution in [0.15, 0.2) is 0 Å². The maximum atomic E-state index is 11.7. The van der Waals surface area contributed by atoms with E-state index in [1.54, 1.807) is 0 Å². The molecule has 0 aromatic heterocycles. The van der Waals surface area contributed by atoms with Gasteiger partial charge in [-0.25, -0.2) is 0 Å². The van der Waals surface area contributed by atoms with E-state index in [-0.39, 0.29) is 73.9 Å². The minimum absolute atomic E-state index is 0. The zero-order chi connectivity index (χ0) is 21.4. The van der Waals surface area contributed by atoms with Crippen LogP contribution in [0.5, 0.6) is 0 Å². The minimum Gasteiger partial charge on any atom is -1.00 e. The van der Waals surface area contributed by atoms with Crippen molar-refractivity contribution in [3.63, 3.8) is 0 Å². The van der Waals surface area contributed by atoms with Crippen molar-refractivity contribution in [2.24, 2.45) is 0 Å². The van der Waals surface area contributed by atoms with Gasteiger partial charge in [-0.1, -0.05) is 129 Å². The van der Waals surface area contributed by atoms with Crippen LogP contribution in [0, 0.1) is 0 Å². The molecule has 3 nitrogen and oxygen atoms in total. The molecule has 0 fully saturated rings. The number of carbonyl (C=O) groups is 2. The Hall–Kier alpha value is 1.14. The molecule has 31 heavy (non-hydrogen) atoms. The smallest absolute Gasteiger partial charge is 1.00 e. The Morgan fingerprint density at radius 1 is 0.452 bits per heavy atom. The van der Waals surface area contributed by atoms with E-state index >= 15 is 0 Å². The molecule has 0 aliphatic heterocycles. The summed E-state index contributed by atoms with van der Waals surface area (Å²) < 4.78 is 4.90. The molecule has 0 N–H and O–H groups in total. The Morgan fingerprint density at radius 3 is 0.935 bits per heavy atom. The maximum absolute atomic E-state index is 11.7. The van der Waals surface area contributed by atoms with E-state index < -0.39 is 0 Å². The van der Waals surface area contributed by atoms with Crippen LogP contribution in [0.25, 0.3) is 0 Å². The van der Waals surface area contributed by atoms with Gasteiger partial charge in [-0.2, -0.15) is 0 Å². The third-order valence-corrected chi connectivity index (χ3v) is 5.70. The summed E-state index contributed by atoms with van der Waals surface area (Å²) in [5, 5.41) is 0. The van der Waals surface area contributed by atoms with E-state index in [0.717, 1.165) is 32.1 Å². The van der Waals surface area contributed by atoms with Crippen LogP contribution in [0.3, 0.4) is 0 Å². The molecule has 0 bridgehead atoms. The summed E-state index contributed by atoms with van der Waals surface area (Å²) in [7, 11) is 0. The predicted molar refractivity (Wildman–Crippen MR) is 126 cm³/mol. The molecule has 0 heterocycles. The van der Waals surface area contributed by atoms with E-state index in [0.29, 0.717) is 12.8 Å². The average Bonchev–Trinajstić information content (AvgIpc) is 2.70. The van der Waals surface area contributed by atoms with Gasteiger partial charge in [0.2, 0.25) is 0 Å². The first-order valence-electron chi connectivity index (χ1n) is 12.9. The molecule has 5 heteroatoms. The van der Waals surface area contributed by atoms with Gasteiger partial charge in [0, 0.05) is 12.8 Å². The molecule has 0 amide bonds. The van der Waals surface area contributed by atoms with Crippen molar-refractivity contribution >= 4 is 11.9 Å². The molecule has 0 rings (SSSR count). The van der Waals surface area contributed by atoms with E-state index in [4.69, 9.17) is 4.74 Å². The van der Waals surface area contributed by atoms with Crippen LogP contribution in [-0.4, -0.2) is 11.9 Å². The van der Waals surface area contributed by atoms with E-state index in [2.05, 4.69) is 13.8 Å². The summed E-state index contributed by atoms with van der Waals surface area (Å²) in [4.78, 5) is 23.3. The van der Waals surface area contributed by atoms with Crippen molar-refractivity contribution in [3.05, 3.63) is 0 Å². The van der Waals surface area contributed by atoms with E-state index in [1.165, 1.54) is 96.3 Å². The average molecular weight is 459 g/mol. The van der Waals surface area contributed by atoms with Crippen molar-refractivity contribution in [2.45, 2.75) is 155 Å². The van der Waals surface area contributed by atoms with Gasteiger partial charge in [0.1, 0.15) is 0 Å². The van der Waals surface area contributed by atoms with Gasteiger partial charge in [0.05, 0.1) is 0 Å². The van der Waals surface area contributed by atoms with Crippen LogP contribution in [0.2, 0.25) is 0 Å². The van der Waals surface area contributed by atoms with Crippen LogP contribution < -0.4 is 59.1 Å². The zero-order valence-corrected chi connectivity index (χ0v) is 25.8. The Bertz CT molecular complexity index is 387. The third kappa shape index (κ3) is 31.1. The molecule has 0 aromatic carbocycles. The fraction of sp³-hybridized carbons (Fsp3) is 0.923. The molecule has 0 saturated carbocycles. The third-order valence-electron chi connectivity index (χ3n) is 5.70. The predicted octanol–water partition coefficient (Wildman–Crippen LogP) is 2.91. The number of esters is 2. The van der Waals surface area contributed by atoms with Crippen molar-refractivity contribution in [1.29, 1.82) is 0 Å². The minimum atomic E-state index is -0.340. The fourth-order valence-electron chi connectivity index (χ4n) is 3.74. The first-order chi connectivity index (χ1) is 14.2. The number of ether oxygens (including phenoxy) is 1. The SMILES string of the molecule is CCCCCCCCCCCCCCCCCC(=O)OC(=O)CCCCCCC.[H-].[H-].[Na+].[Na+]. The van der Waals surface area contributed by atoms with E-state index in [1.807, 2.05) is 0 Å². The van der Waals surface area contributed by atoms with Gasteiger partial charge < -0.3 is 7.59 Å². The quantitative estimate of drug-likeness (QED) is 0.108. The summed E-state index contributed by atoms with van der Waals surface area (Å²) >= 11 is 0. The number of carbonyl (C=O) groups excluding carboxylic acids is 2. The summed E-state index contributed by atoms with van der Waals surface area (Å²) in [6.07, 6.45) is 25.9. The Morgan fingerprint density at radius 2 is 0.677 bits per heavy atom. The second-order valence-electron chi connectivity index (χ2n) is 8.71. The second kappa shape index (κ2) is 31.1. The number of rotatable bonds is 22. The van der Waals surface area contributed by atoms with Crippen LogP contribution >= 0.6 is 0 Å². The van der Waals surface area contributed by atoms with Crippen molar-refractivity contribution in [2.75, 3.05) is 0 Å². The number of unbranched alkanes of at least 4 members (excludes halogenated alkanes) is 18. The Balaban J connectivity index is -0.000000653. The Kier molecular flexibility index (Phi) is 36.9. The zero-order valence-electron chi connectivity index (χ0n) is 23.8. The summed E-state index contributed by atoms with van der Waals surface area (Å²) in [5.74, 6) is -0.675. The van der Waals surface area contributed by atoms with Gasteiger partial charge in [0.15, 0.2) is 0 Å². The molecule has 0 saturated heterocycles. The van der Waals surface area contributed by atoms with Crippen molar-refractivity contribution in [3.8, 4) is 0 Å².